The van der Waals surface area contributed by atoms with Crippen molar-refractivity contribution in [2.24, 2.45) is 0 Å². The molecule has 5 nitrogen and oxygen atoms in total. The van der Waals surface area contributed by atoms with Gasteiger partial charge in [0.05, 0.1) is 6.10 Å². The van der Waals surface area contributed by atoms with Crippen molar-refractivity contribution in [3.63, 3.8) is 0 Å². The number of β-amino-alcohol motifs (C(OH)–C–C–N with tert-alkyl or cyclic N) is 1. The second-order valence-corrected chi connectivity index (χ2v) is 8.07. The number of benzene rings is 1. The Morgan fingerprint density at radius 2 is 1.67 bits per heavy atom. The summed E-state index contributed by atoms with van der Waals surface area (Å²) in [6.07, 6.45) is 6.35. The molecule has 1 aromatic carbocycles. The van der Waals surface area contributed by atoms with Crippen molar-refractivity contribution in [3.8, 4) is 0 Å². The molecule has 2 aliphatic rings. The minimum atomic E-state index is -0.467. The Morgan fingerprint density at radius 3 is 2.41 bits per heavy atom. The minimum absolute atomic E-state index is 0.199. The first-order valence-corrected chi connectivity index (χ1v) is 10.7. The van der Waals surface area contributed by atoms with Gasteiger partial charge in [0.15, 0.2) is 0 Å². The highest BCUT2D eigenvalue weighted by Crippen LogP contribution is 2.13. The van der Waals surface area contributed by atoms with Gasteiger partial charge in [0.2, 0.25) is 5.91 Å². The first kappa shape index (κ1) is 20.3. The molecule has 0 bridgehead atoms. The lowest BCUT2D eigenvalue weighted by Gasteiger charge is -2.23. The Labute approximate surface area is 163 Å². The van der Waals surface area contributed by atoms with Gasteiger partial charge in [0.1, 0.15) is 0 Å². The third kappa shape index (κ3) is 6.91. The highest BCUT2D eigenvalue weighted by molar-refractivity contribution is 5.76. The van der Waals surface area contributed by atoms with Gasteiger partial charge in [-0.3, -0.25) is 9.69 Å². The van der Waals surface area contributed by atoms with Crippen LogP contribution in [0.5, 0.6) is 0 Å². The van der Waals surface area contributed by atoms with Crippen LogP contribution in [0.2, 0.25) is 0 Å². The summed E-state index contributed by atoms with van der Waals surface area (Å²) in [6, 6.07) is 10.3. The van der Waals surface area contributed by atoms with E-state index in [0.29, 0.717) is 26.1 Å². The monoisotopic (exact) mass is 373 g/mol. The van der Waals surface area contributed by atoms with E-state index < -0.39 is 6.10 Å². The predicted molar refractivity (Wildman–Crippen MR) is 108 cm³/mol. The van der Waals surface area contributed by atoms with Gasteiger partial charge < -0.3 is 14.9 Å². The molecule has 2 aliphatic heterocycles. The van der Waals surface area contributed by atoms with Gasteiger partial charge in [-0.25, -0.2) is 0 Å². The van der Waals surface area contributed by atoms with Crippen molar-refractivity contribution in [1.82, 2.24) is 14.7 Å². The number of likely N-dealkylation sites (tertiary alicyclic amines) is 1. The summed E-state index contributed by atoms with van der Waals surface area (Å²) in [7, 11) is 0. The van der Waals surface area contributed by atoms with Crippen molar-refractivity contribution in [2.75, 3.05) is 45.8 Å². The van der Waals surface area contributed by atoms with E-state index in [1.165, 1.54) is 44.3 Å². The summed E-state index contributed by atoms with van der Waals surface area (Å²) in [5.74, 6) is 0.199. The molecule has 5 heteroatoms. The Hall–Kier alpha value is -1.43. The van der Waals surface area contributed by atoms with Crippen molar-refractivity contribution in [2.45, 2.75) is 51.2 Å². The predicted octanol–water partition coefficient (Wildman–Crippen LogP) is 2.35. The highest BCUT2D eigenvalue weighted by atomic mass is 16.3. The molecule has 27 heavy (non-hydrogen) atoms. The molecular weight excluding hydrogens is 338 g/mol. The van der Waals surface area contributed by atoms with E-state index in [-0.39, 0.29) is 5.91 Å². The maximum Gasteiger partial charge on any atom is 0.222 e. The zero-order valence-electron chi connectivity index (χ0n) is 16.6. The number of carbonyl (C=O) groups excluding carboxylic acids is 1. The smallest absolute Gasteiger partial charge is 0.222 e. The number of hydrogen-bond donors (Lipinski definition) is 1. The molecule has 1 aromatic rings. The standard InChI is InChI=1S/C22H35N3O2/c26-21-18-24(17-20-9-4-3-5-10-20)15-16-25(19-21)22(27)11-8-14-23-12-6-1-2-7-13-23/h3-5,9-10,21,26H,1-2,6-8,11-19H2/t21-/m0/s1. The Bertz CT molecular complexity index is 558. The molecule has 0 saturated carbocycles. The Balaban J connectivity index is 1.42. The van der Waals surface area contributed by atoms with Gasteiger partial charge in [-0.05, 0) is 44.5 Å². The van der Waals surface area contributed by atoms with Gasteiger partial charge in [0.25, 0.3) is 0 Å². The molecule has 0 aromatic heterocycles. The van der Waals surface area contributed by atoms with Gasteiger partial charge in [-0.1, -0.05) is 43.2 Å². The average molecular weight is 374 g/mol. The van der Waals surface area contributed by atoms with Crippen LogP contribution in [0.1, 0.15) is 44.1 Å². The zero-order chi connectivity index (χ0) is 18.9. The van der Waals surface area contributed by atoms with E-state index >= 15 is 0 Å². The molecule has 1 atom stereocenters. The third-order valence-electron chi connectivity index (χ3n) is 5.75. The van der Waals surface area contributed by atoms with Crippen LogP contribution in [0, 0.1) is 0 Å². The number of nitrogens with zero attached hydrogens (tertiary/aromatic N) is 3. The maximum atomic E-state index is 12.6. The number of carbonyl (C=O) groups is 1. The molecule has 0 aliphatic carbocycles. The van der Waals surface area contributed by atoms with E-state index in [4.69, 9.17) is 0 Å². The molecule has 2 saturated heterocycles. The molecule has 0 spiro atoms. The third-order valence-corrected chi connectivity index (χ3v) is 5.75. The fourth-order valence-corrected chi connectivity index (χ4v) is 4.24. The van der Waals surface area contributed by atoms with Crippen LogP contribution in [-0.2, 0) is 11.3 Å². The number of hydrogen-bond acceptors (Lipinski definition) is 4. The molecule has 2 heterocycles. The second-order valence-electron chi connectivity index (χ2n) is 8.07. The van der Waals surface area contributed by atoms with Crippen LogP contribution < -0.4 is 0 Å². The van der Waals surface area contributed by atoms with Crippen molar-refractivity contribution >= 4 is 5.91 Å². The highest BCUT2D eigenvalue weighted by Gasteiger charge is 2.24. The maximum absolute atomic E-state index is 12.6. The lowest BCUT2D eigenvalue weighted by Crippen LogP contribution is -2.38. The lowest BCUT2D eigenvalue weighted by molar-refractivity contribution is -0.132. The topological polar surface area (TPSA) is 47.0 Å². The summed E-state index contributed by atoms with van der Waals surface area (Å²) in [5.41, 5.74) is 1.25. The summed E-state index contributed by atoms with van der Waals surface area (Å²) >= 11 is 0. The Kier molecular flexibility index (Phi) is 8.11. The van der Waals surface area contributed by atoms with Crippen LogP contribution in [0.25, 0.3) is 0 Å². The molecule has 0 radical (unpaired) electrons. The molecule has 150 valence electrons. The van der Waals surface area contributed by atoms with Gasteiger partial charge in [-0.15, -0.1) is 0 Å². The van der Waals surface area contributed by atoms with Crippen LogP contribution in [-0.4, -0.2) is 77.6 Å². The van der Waals surface area contributed by atoms with Crippen LogP contribution in [0.3, 0.4) is 0 Å². The number of rotatable bonds is 6. The van der Waals surface area contributed by atoms with Crippen LogP contribution in [0.4, 0.5) is 0 Å². The first-order chi connectivity index (χ1) is 13.2. The summed E-state index contributed by atoms with van der Waals surface area (Å²) < 4.78 is 0. The second kappa shape index (κ2) is 10.8. The van der Waals surface area contributed by atoms with Gasteiger partial charge >= 0.3 is 0 Å². The van der Waals surface area contributed by atoms with Gasteiger partial charge in [0, 0.05) is 39.1 Å². The fourth-order valence-electron chi connectivity index (χ4n) is 4.24. The van der Waals surface area contributed by atoms with E-state index in [9.17, 15) is 9.90 Å². The van der Waals surface area contributed by atoms with Crippen molar-refractivity contribution in [1.29, 1.82) is 0 Å². The molecule has 1 amide bonds. The number of aliphatic hydroxyl groups excluding tert-OH is 1. The van der Waals surface area contributed by atoms with Crippen molar-refractivity contribution in [3.05, 3.63) is 35.9 Å². The summed E-state index contributed by atoms with van der Waals surface area (Å²) in [4.78, 5) is 19.3. The Morgan fingerprint density at radius 1 is 0.926 bits per heavy atom. The average Bonchev–Trinajstić information content (AvgIpc) is 3.03. The van der Waals surface area contributed by atoms with E-state index in [1.54, 1.807) is 0 Å². The van der Waals surface area contributed by atoms with Crippen LogP contribution >= 0.6 is 0 Å². The lowest BCUT2D eigenvalue weighted by atomic mass is 10.2. The molecule has 1 N–H and O–H groups in total. The number of aliphatic hydroxyl groups is 1. The quantitative estimate of drug-likeness (QED) is 0.832. The SMILES string of the molecule is O=C(CCCN1CCCCCC1)N1CCN(Cc2ccccc2)C[C@H](O)C1. The molecule has 2 fully saturated rings. The summed E-state index contributed by atoms with van der Waals surface area (Å²) in [5, 5.41) is 10.4. The molecular formula is C22H35N3O2. The zero-order valence-corrected chi connectivity index (χ0v) is 16.6. The van der Waals surface area contributed by atoms with E-state index in [2.05, 4.69) is 21.9 Å². The molecule has 0 unspecified atom stereocenters. The van der Waals surface area contributed by atoms with Crippen LogP contribution in [0.15, 0.2) is 30.3 Å². The van der Waals surface area contributed by atoms with E-state index in [0.717, 1.165) is 26.1 Å². The largest absolute Gasteiger partial charge is 0.390 e. The van der Waals surface area contributed by atoms with Gasteiger partial charge in [-0.2, -0.15) is 0 Å². The summed E-state index contributed by atoms with van der Waals surface area (Å²) in [6.45, 7) is 6.86. The normalized spacial score (nSPS) is 23.0. The molecule has 3 rings (SSSR count). The fraction of sp³-hybridized carbons (Fsp3) is 0.682. The minimum Gasteiger partial charge on any atom is -0.390 e. The van der Waals surface area contributed by atoms with E-state index in [1.807, 2.05) is 23.1 Å². The first-order valence-electron chi connectivity index (χ1n) is 10.7. The number of amides is 1. The van der Waals surface area contributed by atoms with Crippen molar-refractivity contribution < 1.29 is 9.90 Å².